The fraction of sp³-hybridized carbons (Fsp3) is 0.462. The molecule has 1 fully saturated rings. The third-order valence-electron chi connectivity index (χ3n) is 3.03. The molecule has 1 aromatic rings. The Morgan fingerprint density at radius 2 is 2.29 bits per heavy atom. The highest BCUT2D eigenvalue weighted by molar-refractivity contribution is 5.92. The lowest BCUT2D eigenvalue weighted by Crippen LogP contribution is -2.40. The second kappa shape index (κ2) is 5.27. The van der Waals surface area contributed by atoms with Crippen LogP contribution in [0.1, 0.15) is 13.3 Å². The summed E-state index contributed by atoms with van der Waals surface area (Å²) in [4.78, 5) is 12.0. The number of nitrogens with one attached hydrogen (secondary N) is 2. The minimum atomic E-state index is -0.335. The van der Waals surface area contributed by atoms with Crippen molar-refractivity contribution >= 4 is 11.6 Å². The molecule has 1 aromatic carbocycles. The molecular weight excluding hydrogens is 219 g/mol. The van der Waals surface area contributed by atoms with E-state index >= 15 is 0 Å². The third kappa shape index (κ3) is 3.27. The van der Waals surface area contributed by atoms with Crippen molar-refractivity contribution in [3.05, 3.63) is 30.1 Å². The van der Waals surface area contributed by atoms with Gasteiger partial charge in [-0.25, -0.2) is 4.39 Å². The van der Waals surface area contributed by atoms with E-state index < -0.39 is 0 Å². The molecule has 1 aliphatic heterocycles. The quantitative estimate of drug-likeness (QED) is 0.824. The van der Waals surface area contributed by atoms with E-state index in [0.717, 1.165) is 13.0 Å². The van der Waals surface area contributed by atoms with Crippen LogP contribution in [0.3, 0.4) is 0 Å². The molecule has 1 heterocycles. The van der Waals surface area contributed by atoms with Gasteiger partial charge in [-0.05, 0) is 37.1 Å². The Labute approximate surface area is 100 Å². The summed E-state index contributed by atoms with van der Waals surface area (Å²) >= 11 is 0. The molecule has 1 saturated heterocycles. The summed E-state index contributed by atoms with van der Waals surface area (Å²) in [7, 11) is 0. The van der Waals surface area contributed by atoms with Crippen molar-refractivity contribution in [3.8, 4) is 0 Å². The summed E-state index contributed by atoms with van der Waals surface area (Å²) < 4.78 is 13.0. The molecule has 2 rings (SSSR count). The van der Waals surface area contributed by atoms with Gasteiger partial charge < -0.3 is 10.6 Å². The first-order valence-corrected chi connectivity index (χ1v) is 5.92. The van der Waals surface area contributed by atoms with Gasteiger partial charge >= 0.3 is 0 Å². The van der Waals surface area contributed by atoms with E-state index in [9.17, 15) is 9.18 Å². The van der Waals surface area contributed by atoms with Crippen LogP contribution in [-0.2, 0) is 4.79 Å². The van der Waals surface area contributed by atoms with Gasteiger partial charge in [0.05, 0.1) is 5.92 Å². The largest absolute Gasteiger partial charge is 0.326 e. The number of carbonyl (C=O) groups is 1. The normalized spacial score (nSPS) is 24.4. The minimum absolute atomic E-state index is 0.0259. The minimum Gasteiger partial charge on any atom is -0.326 e. The lowest BCUT2D eigenvalue weighted by molar-refractivity contribution is -0.120. The van der Waals surface area contributed by atoms with Gasteiger partial charge in [-0.3, -0.25) is 4.79 Å². The fourth-order valence-corrected chi connectivity index (χ4v) is 2.17. The Bertz CT molecular complexity index is 408. The predicted octanol–water partition coefficient (Wildman–Crippen LogP) is 2.01. The molecule has 1 aliphatic rings. The molecule has 0 radical (unpaired) electrons. The van der Waals surface area contributed by atoms with Gasteiger partial charge in [0.25, 0.3) is 0 Å². The first kappa shape index (κ1) is 12.0. The number of piperidine rings is 1. The van der Waals surface area contributed by atoms with Gasteiger partial charge in [0, 0.05) is 12.2 Å². The van der Waals surface area contributed by atoms with Gasteiger partial charge in [0.1, 0.15) is 5.82 Å². The van der Waals surface area contributed by atoms with Crippen molar-refractivity contribution in [1.29, 1.82) is 0 Å². The SMILES string of the molecule is CC1CNCC(C(=O)Nc2cccc(F)c2)C1. The van der Waals surface area contributed by atoms with Gasteiger partial charge in [0.15, 0.2) is 0 Å². The molecule has 2 unspecified atom stereocenters. The molecule has 0 saturated carbocycles. The van der Waals surface area contributed by atoms with E-state index in [1.165, 1.54) is 12.1 Å². The number of anilines is 1. The molecule has 0 bridgehead atoms. The van der Waals surface area contributed by atoms with E-state index in [2.05, 4.69) is 17.6 Å². The zero-order valence-corrected chi connectivity index (χ0v) is 9.87. The van der Waals surface area contributed by atoms with E-state index in [1.54, 1.807) is 12.1 Å². The monoisotopic (exact) mass is 236 g/mol. The van der Waals surface area contributed by atoms with Crippen LogP contribution in [0.2, 0.25) is 0 Å². The average molecular weight is 236 g/mol. The van der Waals surface area contributed by atoms with Gasteiger partial charge in [-0.2, -0.15) is 0 Å². The van der Waals surface area contributed by atoms with Crippen LogP contribution in [0, 0.1) is 17.7 Å². The fourth-order valence-electron chi connectivity index (χ4n) is 2.17. The van der Waals surface area contributed by atoms with Crippen molar-refractivity contribution in [1.82, 2.24) is 5.32 Å². The van der Waals surface area contributed by atoms with Crippen LogP contribution in [0.5, 0.6) is 0 Å². The second-order valence-electron chi connectivity index (χ2n) is 4.70. The van der Waals surface area contributed by atoms with Crippen molar-refractivity contribution in [2.45, 2.75) is 13.3 Å². The van der Waals surface area contributed by atoms with Crippen LogP contribution in [-0.4, -0.2) is 19.0 Å². The highest BCUT2D eigenvalue weighted by Crippen LogP contribution is 2.18. The summed E-state index contributed by atoms with van der Waals surface area (Å²) in [5.41, 5.74) is 0.522. The summed E-state index contributed by atoms with van der Waals surface area (Å²) in [5, 5.41) is 5.98. The van der Waals surface area contributed by atoms with Gasteiger partial charge in [-0.15, -0.1) is 0 Å². The van der Waals surface area contributed by atoms with Gasteiger partial charge in [0.2, 0.25) is 5.91 Å². The first-order valence-electron chi connectivity index (χ1n) is 5.92. The zero-order valence-electron chi connectivity index (χ0n) is 9.87. The number of hydrogen-bond acceptors (Lipinski definition) is 2. The van der Waals surface area contributed by atoms with E-state index in [4.69, 9.17) is 0 Å². The van der Waals surface area contributed by atoms with E-state index in [-0.39, 0.29) is 17.6 Å². The average Bonchev–Trinajstić information content (AvgIpc) is 2.29. The summed E-state index contributed by atoms with van der Waals surface area (Å²) in [6.45, 7) is 3.78. The van der Waals surface area contributed by atoms with Crippen LogP contribution in [0.25, 0.3) is 0 Å². The van der Waals surface area contributed by atoms with Crippen molar-refractivity contribution in [2.75, 3.05) is 18.4 Å². The Morgan fingerprint density at radius 3 is 3.00 bits per heavy atom. The number of halogens is 1. The van der Waals surface area contributed by atoms with Gasteiger partial charge in [-0.1, -0.05) is 13.0 Å². The molecule has 1 amide bonds. The van der Waals surface area contributed by atoms with Crippen molar-refractivity contribution in [2.24, 2.45) is 11.8 Å². The topological polar surface area (TPSA) is 41.1 Å². The third-order valence-corrected chi connectivity index (χ3v) is 3.03. The zero-order chi connectivity index (χ0) is 12.3. The Morgan fingerprint density at radius 1 is 1.47 bits per heavy atom. The lowest BCUT2D eigenvalue weighted by Gasteiger charge is -2.26. The van der Waals surface area contributed by atoms with Crippen molar-refractivity contribution in [3.63, 3.8) is 0 Å². The Balaban J connectivity index is 1.96. The molecular formula is C13H17FN2O. The number of benzene rings is 1. The molecule has 0 spiro atoms. The highest BCUT2D eigenvalue weighted by Gasteiger charge is 2.24. The predicted molar refractivity (Wildman–Crippen MR) is 65.2 cm³/mol. The molecule has 2 N–H and O–H groups in total. The van der Waals surface area contributed by atoms with E-state index in [0.29, 0.717) is 18.2 Å². The van der Waals surface area contributed by atoms with Crippen molar-refractivity contribution < 1.29 is 9.18 Å². The Hall–Kier alpha value is -1.42. The number of carbonyl (C=O) groups excluding carboxylic acids is 1. The lowest BCUT2D eigenvalue weighted by atomic mass is 9.91. The molecule has 4 heteroatoms. The molecule has 17 heavy (non-hydrogen) atoms. The summed E-state index contributed by atoms with van der Waals surface area (Å²) in [6.07, 6.45) is 0.883. The maximum atomic E-state index is 13.0. The first-order chi connectivity index (χ1) is 8.15. The number of hydrogen-bond donors (Lipinski definition) is 2. The van der Waals surface area contributed by atoms with Crippen LogP contribution in [0.15, 0.2) is 24.3 Å². The molecule has 2 atom stereocenters. The maximum Gasteiger partial charge on any atom is 0.228 e. The molecule has 3 nitrogen and oxygen atoms in total. The summed E-state index contributed by atoms with van der Waals surface area (Å²) in [5.74, 6) is 0.113. The second-order valence-corrected chi connectivity index (χ2v) is 4.70. The van der Waals surface area contributed by atoms with Crippen LogP contribution >= 0.6 is 0 Å². The Kier molecular flexibility index (Phi) is 3.74. The van der Waals surface area contributed by atoms with Crippen LogP contribution in [0.4, 0.5) is 10.1 Å². The van der Waals surface area contributed by atoms with E-state index in [1.807, 2.05) is 0 Å². The highest BCUT2D eigenvalue weighted by atomic mass is 19.1. The number of amides is 1. The molecule has 0 aliphatic carbocycles. The molecule has 0 aromatic heterocycles. The van der Waals surface area contributed by atoms with Crippen LogP contribution < -0.4 is 10.6 Å². The number of rotatable bonds is 2. The maximum absolute atomic E-state index is 13.0. The molecule has 92 valence electrons. The smallest absolute Gasteiger partial charge is 0.228 e. The standard InChI is InChI=1S/C13H17FN2O/c1-9-5-10(8-15-7-9)13(17)16-12-4-2-3-11(14)6-12/h2-4,6,9-10,15H,5,7-8H2,1H3,(H,16,17). The summed E-state index contributed by atoms with van der Waals surface area (Å²) in [6, 6.07) is 5.98.